The smallest absolute Gasteiger partial charge is 0.0940 e. The summed E-state index contributed by atoms with van der Waals surface area (Å²) in [6.45, 7) is 8.16. The second-order valence-corrected chi connectivity index (χ2v) is 6.76. The number of hydrogen-bond donors (Lipinski definition) is 0. The molecule has 0 radical (unpaired) electrons. The van der Waals surface area contributed by atoms with Crippen molar-refractivity contribution in [3.63, 3.8) is 0 Å². The van der Waals surface area contributed by atoms with E-state index in [0.717, 1.165) is 0 Å². The predicted octanol–water partition coefficient (Wildman–Crippen LogP) is 5.68. The minimum absolute atomic E-state index is 0.107. The van der Waals surface area contributed by atoms with Gasteiger partial charge >= 0.3 is 0 Å². The van der Waals surface area contributed by atoms with E-state index in [2.05, 4.69) is 80.3 Å². The van der Waals surface area contributed by atoms with Crippen LogP contribution in [0.3, 0.4) is 0 Å². The van der Waals surface area contributed by atoms with Crippen LogP contribution in [0, 0.1) is 6.92 Å². The van der Waals surface area contributed by atoms with Gasteiger partial charge < -0.3 is 0 Å². The minimum atomic E-state index is -0.107. The van der Waals surface area contributed by atoms with E-state index in [-0.39, 0.29) is 10.9 Å². The maximum atomic E-state index is 4.01. The average molecular weight is 293 g/mol. The molecule has 0 saturated heterocycles. The van der Waals surface area contributed by atoms with Crippen LogP contribution in [-0.4, -0.2) is 0 Å². The molecule has 0 nitrogen and oxygen atoms in total. The van der Waals surface area contributed by atoms with Crippen molar-refractivity contribution < 1.29 is 0 Å². The van der Waals surface area contributed by atoms with E-state index < -0.39 is 0 Å². The molecule has 106 valence electrons. The molecule has 0 aliphatic carbocycles. The molecule has 2 aromatic carbocycles. The number of benzene rings is 2. The van der Waals surface area contributed by atoms with Crippen LogP contribution in [0.2, 0.25) is 0 Å². The molecule has 0 spiro atoms. The molecule has 0 fully saturated rings. The third kappa shape index (κ3) is 3.99. The molecule has 1 atom stereocenters. The zero-order chi connectivity index (χ0) is 15.1. The fraction of sp³-hybridized carbons (Fsp3) is 0.100. The Morgan fingerprint density at radius 2 is 1.57 bits per heavy atom. The molecule has 21 heavy (non-hydrogen) atoms. The van der Waals surface area contributed by atoms with Crippen molar-refractivity contribution >= 4 is 10.9 Å². The highest BCUT2D eigenvalue weighted by molar-refractivity contribution is 8.00. The lowest BCUT2D eigenvalue weighted by atomic mass is 10.2. The first-order valence-electron chi connectivity index (χ1n) is 7.07. The van der Waals surface area contributed by atoms with Crippen LogP contribution in [0.4, 0.5) is 0 Å². The van der Waals surface area contributed by atoms with E-state index in [0.29, 0.717) is 0 Å². The van der Waals surface area contributed by atoms with Crippen molar-refractivity contribution in [2.24, 2.45) is 0 Å². The molecule has 0 aliphatic rings. The minimum Gasteiger partial charge on any atom is -0.0940 e. The Hall–Kier alpha value is -1.99. The average Bonchev–Trinajstić information content (AvgIpc) is 2.53. The van der Waals surface area contributed by atoms with Gasteiger partial charge in [0.25, 0.3) is 0 Å². The lowest BCUT2D eigenvalue weighted by Gasteiger charge is -2.08. The van der Waals surface area contributed by atoms with E-state index in [1.807, 2.05) is 19.1 Å². The third-order valence-corrected chi connectivity index (χ3v) is 5.39. The highest BCUT2D eigenvalue weighted by atomic mass is 32.2. The summed E-state index contributed by atoms with van der Waals surface area (Å²) in [5, 5.41) is 0. The number of rotatable bonds is 5. The van der Waals surface area contributed by atoms with Crippen LogP contribution in [-0.2, 0) is 10.9 Å². The molecule has 0 aliphatic heterocycles. The molecule has 0 bridgehead atoms. The Morgan fingerprint density at radius 3 is 2.14 bits per heavy atom. The van der Waals surface area contributed by atoms with Crippen LogP contribution >= 0.6 is 0 Å². The summed E-state index contributed by atoms with van der Waals surface area (Å²) in [5.74, 6) is 0. The summed E-state index contributed by atoms with van der Waals surface area (Å²) in [4.78, 5) is 3.88. The Morgan fingerprint density at radius 1 is 0.952 bits per heavy atom. The summed E-state index contributed by atoms with van der Waals surface area (Å²) in [7, 11) is -0.107. The normalized spacial score (nSPS) is 13.3. The van der Waals surface area contributed by atoms with Gasteiger partial charge in [0.15, 0.2) is 14.7 Å². The van der Waals surface area contributed by atoms with Crippen LogP contribution in [0.1, 0.15) is 12.5 Å². The van der Waals surface area contributed by atoms with E-state index in [4.69, 9.17) is 0 Å². The van der Waals surface area contributed by atoms with Gasteiger partial charge in [0.05, 0.1) is 10.9 Å². The van der Waals surface area contributed by atoms with Crippen LogP contribution < -0.4 is 0 Å². The quantitative estimate of drug-likeness (QED) is 0.491. The molecular weight excluding hydrogens is 272 g/mol. The molecule has 0 amide bonds. The highest BCUT2D eigenvalue weighted by Crippen LogP contribution is 2.31. The number of aryl methyl sites for hydroxylation is 1. The van der Waals surface area contributed by atoms with Crippen molar-refractivity contribution in [1.29, 1.82) is 0 Å². The molecule has 0 heterocycles. The molecule has 2 rings (SSSR count). The van der Waals surface area contributed by atoms with E-state index >= 15 is 0 Å². The fourth-order valence-electron chi connectivity index (χ4n) is 2.05. The Bertz CT molecular complexity index is 633. The summed E-state index contributed by atoms with van der Waals surface area (Å²) < 4.78 is 0. The van der Waals surface area contributed by atoms with Crippen molar-refractivity contribution in [3.05, 3.63) is 95.9 Å². The highest BCUT2D eigenvalue weighted by Gasteiger charge is 2.28. The van der Waals surface area contributed by atoms with E-state index in [9.17, 15) is 0 Å². The van der Waals surface area contributed by atoms with Crippen molar-refractivity contribution in [2.45, 2.75) is 23.6 Å². The standard InChI is InChI=1S/C20H21S/c1-4-6-10-18(5-2)21(19-11-8-7-9-12-19)20-15-13-17(3)14-16-20/h4-16H,2H2,1,3H3/q+1/b6-4-,18-10+. The Kier molecular flexibility index (Phi) is 5.65. The predicted molar refractivity (Wildman–Crippen MR) is 94.6 cm³/mol. The maximum absolute atomic E-state index is 4.01. The van der Waals surface area contributed by atoms with Crippen LogP contribution in [0.25, 0.3) is 0 Å². The van der Waals surface area contributed by atoms with Gasteiger partial charge in [-0.25, -0.2) is 0 Å². The first-order valence-corrected chi connectivity index (χ1v) is 8.30. The van der Waals surface area contributed by atoms with Crippen molar-refractivity contribution in [2.75, 3.05) is 0 Å². The molecule has 0 saturated carbocycles. The summed E-state index contributed by atoms with van der Waals surface area (Å²) in [5.41, 5.74) is 1.29. The molecule has 2 aromatic rings. The SMILES string of the molecule is C=C/C(=C\C=C/C)[S+](c1ccccc1)c1ccc(C)cc1. The van der Waals surface area contributed by atoms with Gasteiger partial charge in [-0.2, -0.15) is 0 Å². The first kappa shape index (κ1) is 15.4. The number of hydrogen-bond acceptors (Lipinski definition) is 0. The van der Waals surface area contributed by atoms with Crippen molar-refractivity contribution in [3.8, 4) is 0 Å². The van der Waals surface area contributed by atoms with Gasteiger partial charge in [0, 0.05) is 0 Å². The zero-order valence-corrected chi connectivity index (χ0v) is 13.4. The number of allylic oxidation sites excluding steroid dienone is 4. The Balaban J connectivity index is 2.53. The molecule has 0 aromatic heterocycles. The zero-order valence-electron chi connectivity index (χ0n) is 12.6. The van der Waals surface area contributed by atoms with Gasteiger partial charge in [0.2, 0.25) is 0 Å². The molecule has 1 heteroatoms. The van der Waals surface area contributed by atoms with Crippen molar-refractivity contribution in [1.82, 2.24) is 0 Å². The largest absolute Gasteiger partial charge is 0.166 e. The topological polar surface area (TPSA) is 0 Å². The monoisotopic (exact) mass is 293 g/mol. The van der Waals surface area contributed by atoms with Gasteiger partial charge in [-0.05, 0) is 50.3 Å². The van der Waals surface area contributed by atoms with E-state index in [1.54, 1.807) is 0 Å². The summed E-state index contributed by atoms with van der Waals surface area (Å²) in [6.07, 6.45) is 8.25. The second-order valence-electron chi connectivity index (χ2n) is 4.73. The van der Waals surface area contributed by atoms with Gasteiger partial charge in [0.1, 0.15) is 0 Å². The first-order chi connectivity index (χ1) is 10.3. The third-order valence-electron chi connectivity index (χ3n) is 3.13. The lowest BCUT2D eigenvalue weighted by molar-refractivity contribution is 1.34. The van der Waals surface area contributed by atoms with Gasteiger partial charge in [-0.3, -0.25) is 0 Å². The van der Waals surface area contributed by atoms with Crippen LogP contribution in [0.15, 0.2) is 100 Å². The summed E-state index contributed by atoms with van der Waals surface area (Å²) >= 11 is 0. The second kappa shape index (κ2) is 7.70. The van der Waals surface area contributed by atoms with Gasteiger partial charge in [-0.15, -0.1) is 0 Å². The van der Waals surface area contributed by atoms with Gasteiger partial charge in [-0.1, -0.05) is 54.6 Å². The molecule has 0 N–H and O–H groups in total. The van der Waals surface area contributed by atoms with Crippen LogP contribution in [0.5, 0.6) is 0 Å². The Labute approximate surface area is 130 Å². The maximum Gasteiger partial charge on any atom is 0.166 e. The van der Waals surface area contributed by atoms with E-state index in [1.165, 1.54) is 20.3 Å². The lowest BCUT2D eigenvalue weighted by Crippen LogP contribution is -2.05. The molecule has 1 unspecified atom stereocenters. The summed E-state index contributed by atoms with van der Waals surface area (Å²) in [6, 6.07) is 19.4. The fourth-order valence-corrected chi connectivity index (χ4v) is 4.09. The molecular formula is C20H21S+.